The maximum absolute atomic E-state index is 10.8. The van der Waals surface area contributed by atoms with Crippen LogP contribution in [0.4, 0.5) is 0 Å². The third-order valence-corrected chi connectivity index (χ3v) is 3.48. The lowest BCUT2D eigenvalue weighted by atomic mass is 9.49. The van der Waals surface area contributed by atoms with Gasteiger partial charge < -0.3 is 0 Å². The van der Waals surface area contributed by atoms with Crippen LogP contribution in [0.1, 0.15) is 39.5 Å². The number of carbonyl (C=O) groups is 1. The summed E-state index contributed by atoms with van der Waals surface area (Å²) < 4.78 is 0. The van der Waals surface area contributed by atoms with Crippen LogP contribution in [0, 0.1) is 17.3 Å². The van der Waals surface area contributed by atoms with Crippen molar-refractivity contribution < 1.29 is 4.79 Å². The molecule has 0 N–H and O–H groups in total. The summed E-state index contributed by atoms with van der Waals surface area (Å²) in [4.78, 5) is 10.8. The van der Waals surface area contributed by atoms with Gasteiger partial charge in [0.15, 0.2) is 0 Å². The first-order chi connectivity index (χ1) is 5.11. The molecule has 2 rings (SSSR count). The Hall–Kier alpha value is -0.330. The summed E-state index contributed by atoms with van der Waals surface area (Å²) >= 11 is 0. The Labute approximate surface area is 68.2 Å². The molecule has 0 radical (unpaired) electrons. The molecule has 0 amide bonds. The zero-order chi connectivity index (χ0) is 8.06. The molecule has 0 heterocycles. The van der Waals surface area contributed by atoms with Crippen molar-refractivity contribution >= 4 is 5.78 Å². The molecule has 0 unspecified atom stereocenters. The van der Waals surface area contributed by atoms with Crippen LogP contribution in [0.25, 0.3) is 0 Å². The van der Waals surface area contributed by atoms with E-state index in [0.717, 1.165) is 24.7 Å². The van der Waals surface area contributed by atoms with Crippen LogP contribution in [0.2, 0.25) is 0 Å². The van der Waals surface area contributed by atoms with Crippen LogP contribution < -0.4 is 0 Å². The molecule has 0 bridgehead atoms. The summed E-state index contributed by atoms with van der Waals surface area (Å²) in [5.74, 6) is 2.24. The third kappa shape index (κ3) is 1.02. The predicted octanol–water partition coefficient (Wildman–Crippen LogP) is 2.40. The van der Waals surface area contributed by atoms with E-state index < -0.39 is 0 Å². The maximum Gasteiger partial charge on any atom is 0.134 e. The summed E-state index contributed by atoms with van der Waals surface area (Å²) in [6, 6.07) is 0. The molecule has 2 fully saturated rings. The second kappa shape index (κ2) is 2.09. The smallest absolute Gasteiger partial charge is 0.134 e. The highest BCUT2D eigenvalue weighted by Gasteiger charge is 2.52. The van der Waals surface area contributed by atoms with Gasteiger partial charge in [0.1, 0.15) is 5.78 Å². The second-order valence-electron chi connectivity index (χ2n) is 4.80. The summed E-state index contributed by atoms with van der Waals surface area (Å²) in [7, 11) is 0. The fourth-order valence-corrected chi connectivity index (χ4v) is 2.60. The Kier molecular flexibility index (Phi) is 1.39. The van der Waals surface area contributed by atoms with Crippen LogP contribution in [-0.2, 0) is 4.79 Å². The third-order valence-electron chi connectivity index (χ3n) is 3.48. The largest absolute Gasteiger partial charge is 0.300 e. The molecule has 0 saturated heterocycles. The highest BCUT2D eigenvalue weighted by molar-refractivity contribution is 5.86. The predicted molar refractivity (Wildman–Crippen MR) is 44.2 cm³/mol. The highest BCUT2D eigenvalue weighted by Crippen LogP contribution is 2.58. The second-order valence-corrected chi connectivity index (χ2v) is 4.80. The average molecular weight is 152 g/mol. The molecule has 0 atom stereocenters. The van der Waals surface area contributed by atoms with Gasteiger partial charge in [0.05, 0.1) is 0 Å². The Morgan fingerprint density at radius 3 is 2.27 bits per heavy atom. The van der Waals surface area contributed by atoms with Crippen molar-refractivity contribution in [3.05, 3.63) is 0 Å². The van der Waals surface area contributed by atoms with E-state index in [1.807, 2.05) is 0 Å². The molecular weight excluding hydrogens is 136 g/mol. The van der Waals surface area contributed by atoms with Gasteiger partial charge in [-0.3, -0.25) is 4.79 Å². The number of rotatable bonds is 1. The molecule has 0 aromatic carbocycles. The minimum absolute atomic E-state index is 0.493. The molecule has 0 aliphatic heterocycles. The fourth-order valence-electron chi connectivity index (χ4n) is 2.60. The van der Waals surface area contributed by atoms with E-state index in [-0.39, 0.29) is 0 Å². The lowest BCUT2D eigenvalue weighted by Gasteiger charge is -2.54. The summed E-state index contributed by atoms with van der Waals surface area (Å²) in [5, 5.41) is 0. The molecule has 62 valence electrons. The standard InChI is InChI=1S/C10H16O/c1-7(2)8-3-10(4-8)5-9(11)6-10/h7-8H,3-6H2,1-2H3. The van der Waals surface area contributed by atoms with Crippen LogP contribution in [0.15, 0.2) is 0 Å². The molecule has 0 aromatic rings. The van der Waals surface area contributed by atoms with Crippen molar-refractivity contribution in [2.24, 2.45) is 17.3 Å². The summed E-state index contributed by atoms with van der Waals surface area (Å²) in [6.45, 7) is 4.58. The molecule has 1 nitrogen and oxygen atoms in total. The van der Waals surface area contributed by atoms with E-state index in [1.54, 1.807) is 0 Å². The molecule has 11 heavy (non-hydrogen) atoms. The first-order valence-corrected chi connectivity index (χ1v) is 4.63. The number of hydrogen-bond donors (Lipinski definition) is 0. The maximum atomic E-state index is 10.8. The van der Waals surface area contributed by atoms with Gasteiger partial charge >= 0.3 is 0 Å². The number of hydrogen-bond acceptors (Lipinski definition) is 1. The number of ketones is 1. The van der Waals surface area contributed by atoms with Gasteiger partial charge in [-0.1, -0.05) is 13.8 Å². The average Bonchev–Trinajstić information content (AvgIpc) is 1.73. The quantitative estimate of drug-likeness (QED) is 0.564. The molecular formula is C10H16O. The van der Waals surface area contributed by atoms with Gasteiger partial charge in [-0.05, 0) is 30.1 Å². The van der Waals surface area contributed by atoms with E-state index in [9.17, 15) is 4.79 Å². The molecule has 1 heteroatoms. The van der Waals surface area contributed by atoms with E-state index in [1.165, 1.54) is 12.8 Å². The monoisotopic (exact) mass is 152 g/mol. The van der Waals surface area contributed by atoms with Crippen LogP contribution in [0.3, 0.4) is 0 Å². The lowest BCUT2D eigenvalue weighted by Crippen LogP contribution is -2.49. The van der Waals surface area contributed by atoms with E-state index in [2.05, 4.69) is 13.8 Å². The van der Waals surface area contributed by atoms with Crippen molar-refractivity contribution in [3.63, 3.8) is 0 Å². The highest BCUT2D eigenvalue weighted by atomic mass is 16.1. The Balaban J connectivity index is 1.84. The normalized spacial score (nSPS) is 28.8. The van der Waals surface area contributed by atoms with E-state index in [0.29, 0.717) is 11.2 Å². The van der Waals surface area contributed by atoms with Gasteiger partial charge in [0, 0.05) is 12.8 Å². The van der Waals surface area contributed by atoms with Crippen molar-refractivity contribution in [2.75, 3.05) is 0 Å². The Bertz CT molecular complexity index is 177. The molecule has 2 saturated carbocycles. The molecule has 1 spiro atoms. The minimum Gasteiger partial charge on any atom is -0.300 e. The summed E-state index contributed by atoms with van der Waals surface area (Å²) in [5.41, 5.74) is 0.520. The van der Waals surface area contributed by atoms with Crippen LogP contribution >= 0.6 is 0 Å². The first-order valence-electron chi connectivity index (χ1n) is 4.63. The number of carbonyl (C=O) groups excluding carboxylic acids is 1. The van der Waals surface area contributed by atoms with E-state index in [4.69, 9.17) is 0 Å². The van der Waals surface area contributed by atoms with Crippen molar-refractivity contribution in [1.82, 2.24) is 0 Å². The lowest BCUT2D eigenvalue weighted by molar-refractivity contribution is -0.143. The van der Waals surface area contributed by atoms with Gasteiger partial charge in [0.2, 0.25) is 0 Å². The van der Waals surface area contributed by atoms with Crippen LogP contribution in [0.5, 0.6) is 0 Å². The van der Waals surface area contributed by atoms with Crippen molar-refractivity contribution in [2.45, 2.75) is 39.5 Å². The zero-order valence-corrected chi connectivity index (χ0v) is 7.39. The zero-order valence-electron chi connectivity index (χ0n) is 7.39. The van der Waals surface area contributed by atoms with Gasteiger partial charge in [-0.2, -0.15) is 0 Å². The van der Waals surface area contributed by atoms with Crippen molar-refractivity contribution in [3.8, 4) is 0 Å². The number of Topliss-reactive ketones (excluding diaryl/α,β-unsaturated/α-hetero) is 1. The Morgan fingerprint density at radius 2 is 1.91 bits per heavy atom. The summed E-state index contributed by atoms with van der Waals surface area (Å²) in [6.07, 6.45) is 4.46. The molecule has 2 aliphatic carbocycles. The first kappa shape index (κ1) is 7.33. The topological polar surface area (TPSA) is 17.1 Å². The van der Waals surface area contributed by atoms with Gasteiger partial charge in [-0.15, -0.1) is 0 Å². The Morgan fingerprint density at radius 1 is 1.36 bits per heavy atom. The molecule has 2 aliphatic rings. The van der Waals surface area contributed by atoms with Gasteiger partial charge in [0.25, 0.3) is 0 Å². The minimum atomic E-state index is 0.493. The van der Waals surface area contributed by atoms with E-state index >= 15 is 0 Å². The fraction of sp³-hybridized carbons (Fsp3) is 0.900. The molecule has 0 aromatic heterocycles. The van der Waals surface area contributed by atoms with Crippen molar-refractivity contribution in [1.29, 1.82) is 0 Å². The van der Waals surface area contributed by atoms with Gasteiger partial charge in [-0.25, -0.2) is 0 Å². The SMILES string of the molecule is CC(C)C1CC2(CC(=O)C2)C1. The van der Waals surface area contributed by atoms with Crippen LogP contribution in [-0.4, -0.2) is 5.78 Å².